The highest BCUT2D eigenvalue weighted by Crippen LogP contribution is 2.42. The Morgan fingerprint density at radius 1 is 1.33 bits per heavy atom. The van der Waals surface area contributed by atoms with Crippen molar-refractivity contribution in [2.45, 2.75) is 51.7 Å². The van der Waals surface area contributed by atoms with Crippen LogP contribution in [-0.4, -0.2) is 23.7 Å². The molecule has 1 fully saturated rings. The van der Waals surface area contributed by atoms with E-state index in [4.69, 9.17) is 21.1 Å². The van der Waals surface area contributed by atoms with Gasteiger partial charge in [-0.2, -0.15) is 0 Å². The molecular weight excluding hydrogens is 356 g/mol. The molecule has 2 rings (SSSR count). The number of halogens is 2. The van der Waals surface area contributed by atoms with Crippen molar-refractivity contribution in [3.05, 3.63) is 21.1 Å². The third-order valence-electron chi connectivity index (χ3n) is 4.07. The second-order valence-electron chi connectivity index (χ2n) is 5.64. The van der Waals surface area contributed by atoms with E-state index in [9.17, 15) is 0 Å². The van der Waals surface area contributed by atoms with Crippen LogP contribution in [0.25, 0.3) is 0 Å². The molecule has 0 atom stereocenters. The summed E-state index contributed by atoms with van der Waals surface area (Å²) in [5.74, 6) is 1.42. The van der Waals surface area contributed by atoms with Crippen LogP contribution >= 0.6 is 27.5 Å². The highest BCUT2D eigenvalue weighted by molar-refractivity contribution is 9.10. The fourth-order valence-corrected chi connectivity index (χ4v) is 3.32. The Kier molecular flexibility index (Phi) is 6.00. The van der Waals surface area contributed by atoms with Crippen LogP contribution in [0.15, 0.2) is 4.47 Å². The van der Waals surface area contributed by atoms with Crippen molar-refractivity contribution in [2.75, 3.05) is 13.7 Å². The van der Waals surface area contributed by atoms with E-state index in [1.54, 1.807) is 7.11 Å². The third kappa shape index (κ3) is 3.76. The zero-order valence-corrected chi connectivity index (χ0v) is 15.1. The summed E-state index contributed by atoms with van der Waals surface area (Å²) in [6.45, 7) is 5.33. The molecule has 118 valence electrons. The molecule has 1 aliphatic carbocycles. The topological polar surface area (TPSA) is 44.2 Å². The number of ether oxygens (including phenoxy) is 2. The van der Waals surface area contributed by atoms with E-state index < -0.39 is 5.60 Å². The maximum Gasteiger partial charge on any atom is 0.162 e. The number of rotatable bonds is 5. The zero-order chi connectivity index (χ0) is 15.5. The number of methoxy groups -OCH3 is 1. The molecular formula is C15H22BrClN2O2. The Labute approximate surface area is 139 Å². The van der Waals surface area contributed by atoms with Crippen LogP contribution < -0.4 is 0 Å². The molecule has 0 aliphatic heterocycles. The van der Waals surface area contributed by atoms with Crippen molar-refractivity contribution in [3.63, 3.8) is 0 Å². The van der Waals surface area contributed by atoms with E-state index in [0.29, 0.717) is 28.7 Å². The average Bonchev–Trinajstić information content (AvgIpc) is 2.47. The van der Waals surface area contributed by atoms with Gasteiger partial charge in [-0.25, -0.2) is 9.97 Å². The van der Waals surface area contributed by atoms with Crippen LogP contribution in [0.4, 0.5) is 0 Å². The largest absolute Gasteiger partial charge is 0.378 e. The highest BCUT2D eigenvalue weighted by atomic mass is 79.9. The van der Waals surface area contributed by atoms with Gasteiger partial charge in [0, 0.05) is 13.7 Å². The van der Waals surface area contributed by atoms with Gasteiger partial charge in [-0.1, -0.05) is 18.5 Å². The first-order valence-electron chi connectivity index (χ1n) is 7.37. The van der Waals surface area contributed by atoms with E-state index in [1.807, 2.05) is 6.92 Å². The Balaban J connectivity index is 2.40. The summed E-state index contributed by atoms with van der Waals surface area (Å²) in [4.78, 5) is 9.15. The Hall–Kier alpha value is -0.230. The van der Waals surface area contributed by atoms with Crippen LogP contribution in [0.5, 0.6) is 0 Å². The van der Waals surface area contributed by atoms with Crippen molar-refractivity contribution in [1.82, 2.24) is 9.97 Å². The highest BCUT2D eigenvalue weighted by Gasteiger charge is 2.40. The molecule has 21 heavy (non-hydrogen) atoms. The summed E-state index contributed by atoms with van der Waals surface area (Å²) < 4.78 is 12.0. The first kappa shape index (κ1) is 17.1. The molecule has 0 radical (unpaired) electrons. The van der Waals surface area contributed by atoms with Gasteiger partial charge in [0.15, 0.2) is 5.82 Å². The standard InChI is InChI=1S/C15H22BrClN2O2/c1-4-21-15(7-5-10(2)6-8-15)14-18-11(9-20-3)12(16)13(17)19-14/h10H,4-9H2,1-3H3. The minimum atomic E-state index is -0.409. The van der Waals surface area contributed by atoms with Crippen LogP contribution in [0.2, 0.25) is 5.15 Å². The monoisotopic (exact) mass is 376 g/mol. The van der Waals surface area contributed by atoms with Crippen molar-refractivity contribution < 1.29 is 9.47 Å². The summed E-state index contributed by atoms with van der Waals surface area (Å²) in [5.41, 5.74) is 0.360. The molecule has 0 amide bonds. The van der Waals surface area contributed by atoms with Gasteiger partial charge in [0.1, 0.15) is 10.8 Å². The lowest BCUT2D eigenvalue weighted by atomic mass is 9.79. The van der Waals surface area contributed by atoms with E-state index in [1.165, 1.54) is 0 Å². The number of nitrogens with zero attached hydrogens (tertiary/aromatic N) is 2. The minimum absolute atomic E-state index is 0.397. The van der Waals surface area contributed by atoms with Crippen molar-refractivity contribution in [3.8, 4) is 0 Å². The van der Waals surface area contributed by atoms with Crippen LogP contribution in [0.1, 0.15) is 51.0 Å². The van der Waals surface area contributed by atoms with Gasteiger partial charge in [-0.15, -0.1) is 0 Å². The minimum Gasteiger partial charge on any atom is -0.378 e. The molecule has 1 aromatic heterocycles. The molecule has 1 saturated carbocycles. The SMILES string of the molecule is CCOC1(c2nc(Cl)c(Br)c(COC)n2)CCC(C)CC1. The maximum atomic E-state index is 6.26. The average molecular weight is 378 g/mol. The summed E-state index contributed by atoms with van der Waals surface area (Å²) >= 11 is 9.68. The number of aromatic nitrogens is 2. The van der Waals surface area contributed by atoms with Gasteiger partial charge in [0.05, 0.1) is 16.8 Å². The van der Waals surface area contributed by atoms with Gasteiger partial charge < -0.3 is 9.47 Å². The molecule has 1 aliphatic rings. The predicted molar refractivity (Wildman–Crippen MR) is 86.4 cm³/mol. The fraction of sp³-hybridized carbons (Fsp3) is 0.733. The van der Waals surface area contributed by atoms with Crippen LogP contribution in [0, 0.1) is 5.92 Å². The smallest absolute Gasteiger partial charge is 0.162 e. The maximum absolute atomic E-state index is 6.26. The summed E-state index contributed by atoms with van der Waals surface area (Å²) in [6.07, 6.45) is 4.12. The van der Waals surface area contributed by atoms with Crippen molar-refractivity contribution >= 4 is 27.5 Å². The molecule has 1 heterocycles. The summed E-state index contributed by atoms with van der Waals surface area (Å²) in [6, 6.07) is 0. The lowest BCUT2D eigenvalue weighted by Gasteiger charge is -2.38. The predicted octanol–water partition coefficient (Wildman–Crippen LogP) is 4.48. The zero-order valence-electron chi connectivity index (χ0n) is 12.8. The van der Waals surface area contributed by atoms with E-state index in [-0.39, 0.29) is 0 Å². The quantitative estimate of drug-likeness (QED) is 0.710. The molecule has 6 heteroatoms. The second-order valence-corrected chi connectivity index (χ2v) is 6.79. The van der Waals surface area contributed by atoms with Crippen molar-refractivity contribution in [1.29, 1.82) is 0 Å². The lowest BCUT2D eigenvalue weighted by molar-refractivity contribution is -0.0839. The summed E-state index contributed by atoms with van der Waals surface area (Å²) in [7, 11) is 1.64. The molecule has 0 spiro atoms. The second kappa shape index (κ2) is 7.36. The molecule has 0 aromatic carbocycles. The molecule has 4 nitrogen and oxygen atoms in total. The Morgan fingerprint density at radius 2 is 2.00 bits per heavy atom. The third-order valence-corrected chi connectivity index (χ3v) is 5.41. The van der Waals surface area contributed by atoms with Crippen molar-refractivity contribution in [2.24, 2.45) is 5.92 Å². The number of hydrogen-bond acceptors (Lipinski definition) is 4. The molecule has 0 bridgehead atoms. The molecule has 0 unspecified atom stereocenters. The van der Waals surface area contributed by atoms with E-state index in [0.717, 1.165) is 37.3 Å². The van der Waals surface area contributed by atoms with Gasteiger partial charge in [0.2, 0.25) is 0 Å². The lowest BCUT2D eigenvalue weighted by Crippen LogP contribution is -2.36. The van der Waals surface area contributed by atoms with Gasteiger partial charge in [-0.3, -0.25) is 0 Å². The fourth-order valence-electron chi connectivity index (χ4n) is 2.84. The number of hydrogen-bond donors (Lipinski definition) is 0. The first-order valence-corrected chi connectivity index (χ1v) is 8.54. The van der Waals surface area contributed by atoms with Gasteiger partial charge in [0.25, 0.3) is 0 Å². The summed E-state index contributed by atoms with van der Waals surface area (Å²) in [5, 5.41) is 0.421. The normalized spacial score (nSPS) is 26.0. The molecule has 1 aromatic rings. The van der Waals surface area contributed by atoms with Crippen LogP contribution in [-0.2, 0) is 21.7 Å². The van der Waals surface area contributed by atoms with Crippen LogP contribution in [0.3, 0.4) is 0 Å². The van der Waals surface area contributed by atoms with E-state index in [2.05, 4.69) is 32.8 Å². The first-order chi connectivity index (χ1) is 10.0. The Bertz CT molecular complexity index is 491. The van der Waals surface area contributed by atoms with Gasteiger partial charge >= 0.3 is 0 Å². The molecule has 0 N–H and O–H groups in total. The Morgan fingerprint density at radius 3 is 2.57 bits per heavy atom. The van der Waals surface area contributed by atoms with Gasteiger partial charge in [-0.05, 0) is 54.5 Å². The van der Waals surface area contributed by atoms with E-state index >= 15 is 0 Å². The molecule has 0 saturated heterocycles.